The van der Waals surface area contributed by atoms with Gasteiger partial charge < -0.3 is 5.32 Å². The molecule has 0 aliphatic heterocycles. The Hall–Kier alpha value is -0.200. The summed E-state index contributed by atoms with van der Waals surface area (Å²) < 4.78 is 0. The van der Waals surface area contributed by atoms with Gasteiger partial charge in [0, 0.05) is 10.6 Å². The number of aryl methyl sites for hydroxylation is 1. The average molecular weight is 349 g/mol. The van der Waals surface area contributed by atoms with Crippen LogP contribution in [0.3, 0.4) is 0 Å². The highest BCUT2D eigenvalue weighted by molar-refractivity contribution is 9.09. The quantitative estimate of drug-likeness (QED) is 0.624. The van der Waals surface area contributed by atoms with Crippen LogP contribution in [0.5, 0.6) is 0 Å². The Labute approximate surface area is 125 Å². The van der Waals surface area contributed by atoms with E-state index in [1.807, 2.05) is 13.0 Å². The topological polar surface area (TPSA) is 42.0 Å². The molecule has 0 saturated heterocycles. The second kappa shape index (κ2) is 8.07. The highest BCUT2D eigenvalue weighted by atomic mass is 79.9. The summed E-state index contributed by atoms with van der Waals surface area (Å²) in [6, 6.07) is 2.03. The number of nitrogens with zero attached hydrogens (tertiary/aromatic N) is 1. The number of hydrogen-bond donors (Lipinski definition) is 1. The molecule has 6 heteroatoms. The van der Waals surface area contributed by atoms with Gasteiger partial charge in [0.2, 0.25) is 5.91 Å². The van der Waals surface area contributed by atoms with Gasteiger partial charge >= 0.3 is 0 Å². The third-order valence-electron chi connectivity index (χ3n) is 2.04. The fraction of sp³-hybridized carbons (Fsp3) is 0.500. The van der Waals surface area contributed by atoms with E-state index in [0.29, 0.717) is 5.33 Å². The normalized spacial score (nSPS) is 10.4. The zero-order valence-corrected chi connectivity index (χ0v) is 14.0. The minimum Gasteiger partial charge on any atom is -0.322 e. The predicted molar refractivity (Wildman–Crippen MR) is 84.2 cm³/mol. The lowest BCUT2D eigenvalue weighted by Gasteiger charge is -2.14. The lowest BCUT2D eigenvalue weighted by molar-refractivity contribution is -0.113. The fourth-order valence-electron chi connectivity index (χ4n) is 1.41. The number of alkyl halides is 1. The van der Waals surface area contributed by atoms with Crippen molar-refractivity contribution in [2.24, 2.45) is 0 Å². The van der Waals surface area contributed by atoms with Crippen LogP contribution >= 0.6 is 39.5 Å². The van der Waals surface area contributed by atoms with E-state index in [9.17, 15) is 4.79 Å². The lowest BCUT2D eigenvalue weighted by Crippen LogP contribution is -2.14. The Morgan fingerprint density at radius 1 is 1.39 bits per heavy atom. The summed E-state index contributed by atoms with van der Waals surface area (Å²) in [7, 11) is 0. The Kier molecular flexibility index (Phi) is 7.11. The number of aromatic nitrogens is 1. The molecule has 0 aliphatic rings. The van der Waals surface area contributed by atoms with Crippen molar-refractivity contribution in [1.82, 2.24) is 4.98 Å². The van der Waals surface area contributed by atoms with Crippen LogP contribution < -0.4 is 5.32 Å². The molecule has 0 unspecified atom stereocenters. The minimum absolute atomic E-state index is 0.0449. The third kappa shape index (κ3) is 4.48. The molecule has 1 aromatic rings. The molecule has 18 heavy (non-hydrogen) atoms. The number of anilines is 1. The molecule has 1 heterocycles. The number of amides is 1. The van der Waals surface area contributed by atoms with Crippen molar-refractivity contribution in [2.75, 3.05) is 22.2 Å². The molecule has 0 fully saturated rings. The number of thioether (sulfide) groups is 2. The first-order valence-electron chi connectivity index (χ1n) is 5.75. The van der Waals surface area contributed by atoms with Crippen molar-refractivity contribution in [2.45, 2.75) is 30.7 Å². The molecular formula is C12H17BrN2OS2. The van der Waals surface area contributed by atoms with E-state index in [4.69, 9.17) is 0 Å². The smallest absolute Gasteiger partial charge is 0.235 e. The first kappa shape index (κ1) is 15.9. The fourth-order valence-corrected chi connectivity index (χ4v) is 3.26. The number of carbonyl (C=O) groups excluding carboxylic acids is 1. The average Bonchev–Trinajstić information content (AvgIpc) is 2.33. The van der Waals surface area contributed by atoms with Gasteiger partial charge in [-0.25, -0.2) is 4.98 Å². The van der Waals surface area contributed by atoms with Crippen molar-refractivity contribution in [3.05, 3.63) is 11.8 Å². The molecule has 0 bridgehead atoms. The summed E-state index contributed by atoms with van der Waals surface area (Å²) >= 11 is 6.55. The zero-order valence-electron chi connectivity index (χ0n) is 10.7. The Morgan fingerprint density at radius 3 is 2.61 bits per heavy atom. The molecule has 0 aliphatic carbocycles. The van der Waals surface area contributed by atoms with Gasteiger partial charge in [0.05, 0.1) is 11.0 Å². The standard InChI is InChI=1S/C12H17BrN2OS2/c1-4-17-9-6-8(3)14-12(18-5-2)11(9)15-10(16)7-13/h6H,4-5,7H2,1-3H3,(H,15,16). The molecule has 0 radical (unpaired) electrons. The van der Waals surface area contributed by atoms with Gasteiger partial charge in [-0.2, -0.15) is 0 Å². The maximum Gasteiger partial charge on any atom is 0.235 e. The molecule has 0 saturated carbocycles. The summed E-state index contributed by atoms with van der Waals surface area (Å²) in [5, 5.41) is 4.14. The number of nitrogens with one attached hydrogen (secondary N) is 1. The van der Waals surface area contributed by atoms with Crippen molar-refractivity contribution < 1.29 is 4.79 Å². The SMILES string of the molecule is CCSc1cc(C)nc(SCC)c1NC(=O)CBr. The molecule has 1 rings (SSSR count). The van der Waals surface area contributed by atoms with Gasteiger partial charge in [-0.05, 0) is 24.5 Å². The molecule has 0 aromatic carbocycles. The Morgan fingerprint density at radius 2 is 2.06 bits per heavy atom. The Balaban J connectivity index is 3.16. The molecule has 3 nitrogen and oxygen atoms in total. The minimum atomic E-state index is -0.0449. The summed E-state index contributed by atoms with van der Waals surface area (Å²) in [4.78, 5) is 17.2. The molecule has 1 amide bonds. The van der Waals surface area contributed by atoms with Gasteiger partial charge in [0.1, 0.15) is 5.03 Å². The van der Waals surface area contributed by atoms with Crippen molar-refractivity contribution >= 4 is 51.0 Å². The first-order chi connectivity index (χ1) is 8.62. The summed E-state index contributed by atoms with van der Waals surface area (Å²) in [6.45, 7) is 6.16. The number of carbonyl (C=O) groups is 1. The van der Waals surface area contributed by atoms with Gasteiger partial charge in [-0.1, -0.05) is 29.8 Å². The molecule has 100 valence electrons. The Bertz CT molecular complexity index is 400. The van der Waals surface area contributed by atoms with Gasteiger partial charge in [0.25, 0.3) is 0 Å². The molecule has 1 N–H and O–H groups in total. The summed E-state index contributed by atoms with van der Waals surface area (Å²) in [5.74, 6) is 1.86. The van der Waals surface area contributed by atoms with Crippen molar-refractivity contribution in [3.8, 4) is 0 Å². The molecule has 0 spiro atoms. The number of rotatable bonds is 6. The van der Waals surface area contributed by atoms with Crippen LogP contribution in [-0.4, -0.2) is 27.7 Å². The monoisotopic (exact) mass is 348 g/mol. The second-order valence-corrected chi connectivity index (χ2v) is 6.61. The van der Waals surface area contributed by atoms with E-state index in [0.717, 1.165) is 32.8 Å². The maximum absolute atomic E-state index is 11.6. The summed E-state index contributed by atoms with van der Waals surface area (Å²) in [6.07, 6.45) is 0. The van der Waals surface area contributed by atoms with Gasteiger partial charge in [0.15, 0.2) is 0 Å². The van der Waals surface area contributed by atoms with Crippen LogP contribution in [0, 0.1) is 6.92 Å². The zero-order chi connectivity index (χ0) is 13.5. The van der Waals surface area contributed by atoms with Gasteiger partial charge in [-0.3, -0.25) is 4.79 Å². The van der Waals surface area contributed by atoms with Crippen LogP contribution in [0.25, 0.3) is 0 Å². The largest absolute Gasteiger partial charge is 0.322 e. The van der Waals surface area contributed by atoms with E-state index >= 15 is 0 Å². The molecule has 0 atom stereocenters. The van der Waals surface area contributed by atoms with E-state index in [2.05, 4.69) is 40.1 Å². The predicted octanol–water partition coefficient (Wildman–Crippen LogP) is 3.95. The summed E-state index contributed by atoms with van der Waals surface area (Å²) in [5.41, 5.74) is 1.84. The van der Waals surface area contributed by atoms with Crippen LogP contribution in [0.15, 0.2) is 16.0 Å². The number of halogens is 1. The number of hydrogen-bond acceptors (Lipinski definition) is 4. The van der Waals surface area contributed by atoms with E-state index in [1.54, 1.807) is 23.5 Å². The second-order valence-electron chi connectivity index (χ2n) is 3.49. The van der Waals surface area contributed by atoms with Gasteiger partial charge in [-0.15, -0.1) is 23.5 Å². The van der Waals surface area contributed by atoms with E-state index < -0.39 is 0 Å². The highest BCUT2D eigenvalue weighted by Crippen LogP contribution is 2.35. The van der Waals surface area contributed by atoms with Crippen molar-refractivity contribution in [1.29, 1.82) is 0 Å². The highest BCUT2D eigenvalue weighted by Gasteiger charge is 2.14. The van der Waals surface area contributed by atoms with Crippen LogP contribution in [0.4, 0.5) is 5.69 Å². The molecule has 1 aromatic heterocycles. The number of pyridine rings is 1. The first-order valence-corrected chi connectivity index (χ1v) is 8.84. The molecular weight excluding hydrogens is 332 g/mol. The van der Waals surface area contributed by atoms with Crippen molar-refractivity contribution in [3.63, 3.8) is 0 Å². The van der Waals surface area contributed by atoms with E-state index in [1.165, 1.54) is 0 Å². The van der Waals surface area contributed by atoms with E-state index in [-0.39, 0.29) is 5.91 Å². The third-order valence-corrected chi connectivity index (χ3v) is 4.33. The van der Waals surface area contributed by atoms with Crippen LogP contribution in [-0.2, 0) is 4.79 Å². The maximum atomic E-state index is 11.6. The lowest BCUT2D eigenvalue weighted by atomic mass is 10.3. The van der Waals surface area contributed by atoms with Crippen LogP contribution in [0.1, 0.15) is 19.5 Å². The van der Waals surface area contributed by atoms with Crippen LogP contribution in [0.2, 0.25) is 0 Å².